The molecule has 1 aliphatic heterocycles. The van der Waals surface area contributed by atoms with Gasteiger partial charge in [0.25, 0.3) is 0 Å². The number of guanidine groups is 1. The SMILES string of the molecule is CCC(CC)C1CCN(C(=NC)NCCCN(C)S(=O)(=O)CC)C1.I. The molecule has 0 saturated carbocycles. The molecular weight excluding hydrogens is 451 g/mol. The minimum Gasteiger partial charge on any atom is -0.356 e. The predicted octanol–water partition coefficient (Wildman–Crippen LogP) is 2.61. The third kappa shape index (κ3) is 7.58. The Bertz CT molecular complexity index is 495. The van der Waals surface area contributed by atoms with E-state index in [2.05, 4.69) is 29.1 Å². The molecule has 0 bridgehead atoms. The monoisotopic (exact) mass is 488 g/mol. The second kappa shape index (κ2) is 12.3. The molecule has 0 aromatic rings. The van der Waals surface area contributed by atoms with Crippen molar-refractivity contribution in [2.75, 3.05) is 46.0 Å². The van der Waals surface area contributed by atoms with Crippen molar-refractivity contribution in [2.45, 2.75) is 46.5 Å². The van der Waals surface area contributed by atoms with Crippen LogP contribution >= 0.6 is 24.0 Å². The van der Waals surface area contributed by atoms with Crippen LogP contribution in [0.3, 0.4) is 0 Å². The van der Waals surface area contributed by atoms with Crippen LogP contribution in [0.4, 0.5) is 0 Å². The summed E-state index contributed by atoms with van der Waals surface area (Å²) in [6.07, 6.45) is 4.52. The van der Waals surface area contributed by atoms with Gasteiger partial charge in [-0.15, -0.1) is 24.0 Å². The molecule has 0 spiro atoms. The van der Waals surface area contributed by atoms with Gasteiger partial charge in [-0.25, -0.2) is 12.7 Å². The molecule has 0 radical (unpaired) electrons. The van der Waals surface area contributed by atoms with Crippen molar-refractivity contribution < 1.29 is 8.42 Å². The fourth-order valence-corrected chi connectivity index (χ4v) is 4.36. The first-order chi connectivity index (χ1) is 11.4. The van der Waals surface area contributed by atoms with Crippen molar-refractivity contribution in [1.29, 1.82) is 0 Å². The highest BCUT2D eigenvalue weighted by atomic mass is 127. The Morgan fingerprint density at radius 1 is 1.32 bits per heavy atom. The lowest BCUT2D eigenvalue weighted by molar-refractivity contribution is 0.319. The summed E-state index contributed by atoms with van der Waals surface area (Å²) in [7, 11) is 0.389. The Balaban J connectivity index is 0.00000576. The van der Waals surface area contributed by atoms with Crippen LogP contribution in [0.15, 0.2) is 4.99 Å². The largest absolute Gasteiger partial charge is 0.356 e. The van der Waals surface area contributed by atoms with Crippen molar-refractivity contribution in [3.8, 4) is 0 Å². The summed E-state index contributed by atoms with van der Waals surface area (Å²) < 4.78 is 24.9. The summed E-state index contributed by atoms with van der Waals surface area (Å²) in [5.41, 5.74) is 0. The zero-order valence-corrected chi connectivity index (χ0v) is 19.6. The number of nitrogens with one attached hydrogen (secondary N) is 1. The van der Waals surface area contributed by atoms with E-state index < -0.39 is 10.0 Å². The van der Waals surface area contributed by atoms with Crippen LogP contribution in [0.1, 0.15) is 46.5 Å². The normalized spacial score (nSPS) is 18.8. The maximum absolute atomic E-state index is 11.7. The van der Waals surface area contributed by atoms with Crippen molar-refractivity contribution in [3.05, 3.63) is 0 Å². The highest BCUT2D eigenvalue weighted by Crippen LogP contribution is 2.28. The van der Waals surface area contributed by atoms with Crippen molar-refractivity contribution in [1.82, 2.24) is 14.5 Å². The van der Waals surface area contributed by atoms with Gasteiger partial charge in [0, 0.05) is 40.3 Å². The fraction of sp³-hybridized carbons (Fsp3) is 0.941. The first-order valence-corrected chi connectivity index (χ1v) is 10.9. The average Bonchev–Trinajstić information content (AvgIpc) is 3.05. The fourth-order valence-electron chi connectivity index (χ4n) is 3.51. The first kappa shape index (κ1) is 24.9. The zero-order valence-electron chi connectivity index (χ0n) is 16.5. The molecular formula is C17H37IN4O2S. The summed E-state index contributed by atoms with van der Waals surface area (Å²) in [5.74, 6) is 2.67. The van der Waals surface area contributed by atoms with E-state index in [9.17, 15) is 8.42 Å². The highest BCUT2D eigenvalue weighted by molar-refractivity contribution is 14.0. The summed E-state index contributed by atoms with van der Waals surface area (Å²) >= 11 is 0. The number of sulfonamides is 1. The number of halogens is 1. The summed E-state index contributed by atoms with van der Waals surface area (Å²) in [6.45, 7) is 9.66. The molecule has 1 saturated heterocycles. The van der Waals surface area contributed by atoms with Gasteiger partial charge in [0.15, 0.2) is 5.96 Å². The van der Waals surface area contributed by atoms with Crippen LogP contribution in [-0.4, -0.2) is 69.6 Å². The number of likely N-dealkylation sites (tertiary alicyclic amines) is 1. The lowest BCUT2D eigenvalue weighted by Gasteiger charge is -2.24. The van der Waals surface area contributed by atoms with E-state index in [-0.39, 0.29) is 29.7 Å². The van der Waals surface area contributed by atoms with Crippen molar-refractivity contribution in [3.63, 3.8) is 0 Å². The quantitative estimate of drug-likeness (QED) is 0.235. The standard InChI is InChI=1S/C17H36N4O2S.HI/c1-6-15(7-2)16-10-13-21(14-16)17(18-4)19-11-9-12-20(5)24(22,23)8-3;/h15-16H,6-14H2,1-5H3,(H,18,19);1H. The topological polar surface area (TPSA) is 65.0 Å². The average molecular weight is 488 g/mol. The number of rotatable bonds is 9. The van der Waals surface area contributed by atoms with E-state index in [0.29, 0.717) is 6.54 Å². The third-order valence-corrected chi connectivity index (χ3v) is 7.09. The second-order valence-corrected chi connectivity index (χ2v) is 8.99. The van der Waals surface area contributed by atoms with Gasteiger partial charge in [-0.2, -0.15) is 0 Å². The van der Waals surface area contributed by atoms with Gasteiger partial charge in [-0.05, 0) is 31.6 Å². The summed E-state index contributed by atoms with van der Waals surface area (Å²) in [4.78, 5) is 6.74. The Morgan fingerprint density at radius 3 is 2.48 bits per heavy atom. The minimum absolute atomic E-state index is 0. The van der Waals surface area contributed by atoms with E-state index in [1.54, 1.807) is 14.0 Å². The maximum atomic E-state index is 11.7. The van der Waals surface area contributed by atoms with Crippen LogP contribution in [0.25, 0.3) is 0 Å². The molecule has 8 heteroatoms. The highest BCUT2D eigenvalue weighted by Gasteiger charge is 2.29. The molecule has 1 aliphatic rings. The molecule has 0 amide bonds. The van der Waals surface area contributed by atoms with Crippen LogP contribution in [0.2, 0.25) is 0 Å². The molecule has 1 unspecified atom stereocenters. The van der Waals surface area contributed by atoms with Crippen LogP contribution in [0, 0.1) is 11.8 Å². The Hall–Kier alpha value is -0.0900. The van der Waals surface area contributed by atoms with Crippen LogP contribution < -0.4 is 5.32 Å². The Kier molecular flexibility index (Phi) is 12.3. The van der Waals surface area contributed by atoms with Crippen molar-refractivity contribution in [2.24, 2.45) is 16.8 Å². The third-order valence-electron chi connectivity index (χ3n) is 5.22. The smallest absolute Gasteiger partial charge is 0.213 e. The van der Waals surface area contributed by atoms with E-state index in [4.69, 9.17) is 0 Å². The van der Waals surface area contributed by atoms with Gasteiger partial charge < -0.3 is 10.2 Å². The summed E-state index contributed by atoms with van der Waals surface area (Å²) in [6, 6.07) is 0. The van der Waals surface area contributed by atoms with Crippen LogP contribution in [-0.2, 0) is 10.0 Å². The second-order valence-electron chi connectivity index (χ2n) is 6.62. The van der Waals surface area contributed by atoms with Gasteiger partial charge in [-0.1, -0.05) is 26.7 Å². The molecule has 1 N–H and O–H groups in total. The van der Waals surface area contributed by atoms with E-state index >= 15 is 0 Å². The minimum atomic E-state index is -3.08. The van der Waals surface area contributed by atoms with Gasteiger partial charge in [0.2, 0.25) is 10.0 Å². The number of hydrogen-bond donors (Lipinski definition) is 1. The molecule has 0 aromatic carbocycles. The molecule has 1 fully saturated rings. The van der Waals surface area contributed by atoms with Gasteiger partial charge in [-0.3, -0.25) is 4.99 Å². The number of nitrogens with zero attached hydrogens (tertiary/aromatic N) is 3. The van der Waals surface area contributed by atoms with Gasteiger partial charge in [0.05, 0.1) is 5.75 Å². The lowest BCUT2D eigenvalue weighted by atomic mass is 9.87. The number of aliphatic imine (C=N–C) groups is 1. The van der Waals surface area contributed by atoms with E-state index in [0.717, 1.165) is 43.9 Å². The molecule has 150 valence electrons. The van der Waals surface area contributed by atoms with Crippen LogP contribution in [0.5, 0.6) is 0 Å². The molecule has 1 rings (SSSR count). The van der Waals surface area contributed by atoms with Gasteiger partial charge >= 0.3 is 0 Å². The maximum Gasteiger partial charge on any atom is 0.213 e. The molecule has 0 aliphatic carbocycles. The zero-order chi connectivity index (χ0) is 18.2. The predicted molar refractivity (Wildman–Crippen MR) is 117 cm³/mol. The lowest BCUT2D eigenvalue weighted by Crippen LogP contribution is -2.41. The van der Waals surface area contributed by atoms with E-state index in [1.165, 1.54) is 23.6 Å². The molecule has 0 aromatic heterocycles. The van der Waals surface area contributed by atoms with E-state index in [1.807, 2.05) is 7.05 Å². The molecule has 1 atom stereocenters. The molecule has 1 heterocycles. The number of hydrogen-bond acceptors (Lipinski definition) is 3. The Morgan fingerprint density at radius 2 is 1.96 bits per heavy atom. The van der Waals surface area contributed by atoms with Gasteiger partial charge in [0.1, 0.15) is 0 Å². The molecule has 6 nitrogen and oxygen atoms in total. The molecule has 25 heavy (non-hydrogen) atoms. The van der Waals surface area contributed by atoms with Crippen molar-refractivity contribution >= 4 is 40.0 Å². The Labute approximate surface area is 171 Å². The summed E-state index contributed by atoms with van der Waals surface area (Å²) in [5, 5.41) is 3.39. The first-order valence-electron chi connectivity index (χ1n) is 9.29.